The Labute approximate surface area is 142 Å². The lowest BCUT2D eigenvalue weighted by molar-refractivity contribution is -0.121. The van der Waals surface area contributed by atoms with Gasteiger partial charge in [-0.1, -0.05) is 73.3 Å². The van der Waals surface area contributed by atoms with Crippen LogP contribution in [0.25, 0.3) is 16.5 Å². The Hall–Kier alpha value is -3.07. The van der Waals surface area contributed by atoms with Crippen LogP contribution < -0.4 is 10.9 Å². The highest BCUT2D eigenvalue weighted by Crippen LogP contribution is 2.18. The molecule has 3 nitrogen and oxygen atoms in total. The number of hydrogen-bond donors (Lipinski definition) is 2. The van der Waals surface area contributed by atoms with Gasteiger partial charge in [0, 0.05) is 6.42 Å². The third kappa shape index (κ3) is 4.02. The largest absolute Gasteiger partial charge is 0.299 e. The molecule has 0 aliphatic heterocycles. The van der Waals surface area contributed by atoms with Crippen molar-refractivity contribution in [1.82, 2.24) is 10.9 Å². The van der Waals surface area contributed by atoms with Crippen LogP contribution >= 0.6 is 0 Å². The highest BCUT2D eigenvalue weighted by Gasteiger charge is 2.04. The standard InChI is InChI=1S/C21H20N2O/c1-16(19-13-12-18-9-5-6-10-20(18)15-19)22-23-21(24)14-11-17-7-3-2-4-8-17/h2-10,12-13,15,22H,1,11,14H2,(H,23,24). The van der Waals surface area contributed by atoms with E-state index in [4.69, 9.17) is 0 Å². The predicted molar refractivity (Wildman–Crippen MR) is 99.0 cm³/mol. The van der Waals surface area contributed by atoms with Crippen LogP contribution in [0.2, 0.25) is 0 Å². The summed E-state index contributed by atoms with van der Waals surface area (Å²) in [5.41, 5.74) is 8.40. The summed E-state index contributed by atoms with van der Waals surface area (Å²) in [5.74, 6) is -0.0548. The molecule has 120 valence electrons. The maximum atomic E-state index is 11.9. The molecule has 1 amide bonds. The van der Waals surface area contributed by atoms with Gasteiger partial charge in [0.1, 0.15) is 0 Å². The molecule has 0 spiro atoms. The van der Waals surface area contributed by atoms with Gasteiger partial charge in [-0.3, -0.25) is 15.6 Å². The summed E-state index contributed by atoms with van der Waals surface area (Å²) in [7, 11) is 0. The molecule has 24 heavy (non-hydrogen) atoms. The highest BCUT2D eigenvalue weighted by molar-refractivity contribution is 5.86. The SMILES string of the molecule is C=C(NNC(=O)CCc1ccccc1)c1ccc2ccccc2c1. The van der Waals surface area contributed by atoms with Gasteiger partial charge in [-0.15, -0.1) is 0 Å². The van der Waals surface area contributed by atoms with E-state index < -0.39 is 0 Å². The summed E-state index contributed by atoms with van der Waals surface area (Å²) < 4.78 is 0. The Morgan fingerprint density at radius 2 is 1.54 bits per heavy atom. The summed E-state index contributed by atoms with van der Waals surface area (Å²) in [6.45, 7) is 4.00. The zero-order valence-corrected chi connectivity index (χ0v) is 13.5. The lowest BCUT2D eigenvalue weighted by Gasteiger charge is -2.12. The van der Waals surface area contributed by atoms with Crippen molar-refractivity contribution in [3.63, 3.8) is 0 Å². The van der Waals surface area contributed by atoms with Crippen molar-refractivity contribution in [2.24, 2.45) is 0 Å². The van der Waals surface area contributed by atoms with Crippen LogP contribution in [0.5, 0.6) is 0 Å². The second kappa shape index (κ2) is 7.47. The summed E-state index contributed by atoms with van der Waals surface area (Å²) in [6.07, 6.45) is 1.15. The Morgan fingerprint density at radius 3 is 2.33 bits per heavy atom. The minimum absolute atomic E-state index is 0.0548. The van der Waals surface area contributed by atoms with E-state index in [2.05, 4.69) is 41.7 Å². The van der Waals surface area contributed by atoms with Gasteiger partial charge in [0.25, 0.3) is 0 Å². The first-order valence-corrected chi connectivity index (χ1v) is 7.99. The van der Waals surface area contributed by atoms with Gasteiger partial charge in [0.2, 0.25) is 5.91 Å². The summed E-state index contributed by atoms with van der Waals surface area (Å²) in [4.78, 5) is 11.9. The molecule has 2 N–H and O–H groups in total. The Balaban J connectivity index is 1.53. The molecule has 0 saturated heterocycles. The van der Waals surface area contributed by atoms with Crippen LogP contribution in [0.1, 0.15) is 17.5 Å². The first-order valence-electron chi connectivity index (χ1n) is 7.99. The van der Waals surface area contributed by atoms with Gasteiger partial charge in [0.05, 0.1) is 5.70 Å². The smallest absolute Gasteiger partial charge is 0.238 e. The number of fused-ring (bicyclic) bond motifs is 1. The second-order valence-corrected chi connectivity index (χ2v) is 5.70. The molecular weight excluding hydrogens is 296 g/mol. The minimum Gasteiger partial charge on any atom is -0.299 e. The molecule has 0 aromatic heterocycles. The zero-order valence-electron chi connectivity index (χ0n) is 13.5. The van der Waals surface area contributed by atoms with E-state index in [1.165, 1.54) is 5.39 Å². The van der Waals surface area contributed by atoms with E-state index in [-0.39, 0.29) is 5.91 Å². The number of nitrogens with one attached hydrogen (secondary N) is 2. The van der Waals surface area contributed by atoms with E-state index in [9.17, 15) is 4.79 Å². The number of carbonyl (C=O) groups is 1. The molecule has 0 heterocycles. The van der Waals surface area contributed by atoms with Crippen molar-refractivity contribution in [3.8, 4) is 0 Å². The van der Waals surface area contributed by atoms with Crippen LogP contribution in [-0.2, 0) is 11.2 Å². The van der Waals surface area contributed by atoms with Gasteiger partial charge in [-0.25, -0.2) is 0 Å². The molecule has 0 aliphatic rings. The first kappa shape index (κ1) is 15.8. The number of rotatable bonds is 6. The number of hydrogen-bond acceptors (Lipinski definition) is 2. The molecule has 3 aromatic carbocycles. The summed E-state index contributed by atoms with van der Waals surface area (Å²) in [6, 6.07) is 24.2. The number of hydrazine groups is 1. The van der Waals surface area contributed by atoms with Crippen LogP contribution in [0.3, 0.4) is 0 Å². The Bertz CT molecular complexity index is 856. The molecule has 0 fully saturated rings. The number of carbonyl (C=O) groups excluding carboxylic acids is 1. The molecule has 0 unspecified atom stereocenters. The molecular formula is C21H20N2O. The van der Waals surface area contributed by atoms with Gasteiger partial charge < -0.3 is 0 Å². The van der Waals surface area contributed by atoms with Crippen molar-refractivity contribution in [2.75, 3.05) is 0 Å². The normalized spacial score (nSPS) is 10.3. The fourth-order valence-corrected chi connectivity index (χ4v) is 2.56. The zero-order chi connectivity index (χ0) is 16.8. The molecule has 0 saturated carbocycles. The predicted octanol–water partition coefficient (Wildman–Crippen LogP) is 4.06. The molecule has 3 rings (SSSR count). The van der Waals surface area contributed by atoms with Crippen LogP contribution in [-0.4, -0.2) is 5.91 Å². The van der Waals surface area contributed by atoms with E-state index in [1.54, 1.807) is 0 Å². The monoisotopic (exact) mass is 316 g/mol. The molecule has 0 aliphatic carbocycles. The second-order valence-electron chi connectivity index (χ2n) is 5.70. The highest BCUT2D eigenvalue weighted by atomic mass is 16.2. The van der Waals surface area contributed by atoms with E-state index in [0.29, 0.717) is 12.1 Å². The molecule has 3 aromatic rings. The third-order valence-electron chi connectivity index (χ3n) is 3.93. The number of aryl methyl sites for hydroxylation is 1. The van der Waals surface area contributed by atoms with Crippen molar-refractivity contribution in [2.45, 2.75) is 12.8 Å². The quantitative estimate of drug-likeness (QED) is 0.673. The molecule has 0 radical (unpaired) electrons. The van der Waals surface area contributed by atoms with Gasteiger partial charge in [-0.05, 0) is 34.4 Å². The molecule has 3 heteroatoms. The van der Waals surface area contributed by atoms with Crippen molar-refractivity contribution >= 4 is 22.4 Å². The maximum absolute atomic E-state index is 11.9. The average molecular weight is 316 g/mol. The van der Waals surface area contributed by atoms with E-state index >= 15 is 0 Å². The first-order chi connectivity index (χ1) is 11.7. The lowest BCUT2D eigenvalue weighted by atomic mass is 10.1. The Kier molecular flexibility index (Phi) is 4.92. The van der Waals surface area contributed by atoms with E-state index in [1.807, 2.05) is 48.5 Å². The summed E-state index contributed by atoms with van der Waals surface area (Å²) in [5, 5.41) is 2.33. The lowest BCUT2D eigenvalue weighted by Crippen LogP contribution is -2.35. The summed E-state index contributed by atoms with van der Waals surface area (Å²) >= 11 is 0. The van der Waals surface area contributed by atoms with Crippen molar-refractivity contribution in [1.29, 1.82) is 0 Å². The van der Waals surface area contributed by atoms with Gasteiger partial charge >= 0.3 is 0 Å². The van der Waals surface area contributed by atoms with Crippen LogP contribution in [0.4, 0.5) is 0 Å². The molecule has 0 bridgehead atoms. The van der Waals surface area contributed by atoms with Crippen molar-refractivity contribution < 1.29 is 4.79 Å². The topological polar surface area (TPSA) is 41.1 Å². The van der Waals surface area contributed by atoms with Gasteiger partial charge in [0.15, 0.2) is 0 Å². The van der Waals surface area contributed by atoms with Crippen molar-refractivity contribution in [3.05, 3.63) is 90.5 Å². The fraction of sp³-hybridized carbons (Fsp3) is 0.0952. The third-order valence-corrected chi connectivity index (χ3v) is 3.93. The minimum atomic E-state index is -0.0548. The molecule has 0 atom stereocenters. The van der Waals surface area contributed by atoms with Crippen LogP contribution in [0.15, 0.2) is 79.4 Å². The number of benzene rings is 3. The van der Waals surface area contributed by atoms with Gasteiger partial charge in [-0.2, -0.15) is 0 Å². The Morgan fingerprint density at radius 1 is 0.833 bits per heavy atom. The van der Waals surface area contributed by atoms with Crippen LogP contribution in [0, 0.1) is 0 Å². The average Bonchev–Trinajstić information content (AvgIpc) is 2.65. The maximum Gasteiger partial charge on any atom is 0.238 e. The van der Waals surface area contributed by atoms with E-state index in [0.717, 1.165) is 22.9 Å². The fourth-order valence-electron chi connectivity index (χ4n) is 2.56. The number of amides is 1.